The first-order chi connectivity index (χ1) is 9.68. The van der Waals surface area contributed by atoms with Crippen molar-refractivity contribution in [3.63, 3.8) is 0 Å². The van der Waals surface area contributed by atoms with E-state index in [2.05, 4.69) is 15.3 Å². The number of hydrogen-bond donors (Lipinski definition) is 1. The second kappa shape index (κ2) is 4.85. The highest BCUT2D eigenvalue weighted by Gasteiger charge is 2.52. The van der Waals surface area contributed by atoms with Crippen LogP contribution in [0.4, 0.5) is 5.69 Å². The van der Waals surface area contributed by atoms with Crippen LogP contribution >= 0.6 is 0 Å². The number of piperazine rings is 1. The monoisotopic (exact) mass is 274 g/mol. The summed E-state index contributed by atoms with van der Waals surface area (Å²) in [7, 11) is 0. The second-order valence-electron chi connectivity index (χ2n) is 5.47. The smallest absolute Gasteiger partial charge is 0.253 e. The molecule has 0 aromatic carbocycles. The van der Waals surface area contributed by atoms with Crippen LogP contribution in [0.1, 0.15) is 39.0 Å². The normalized spacial score (nSPS) is 25.1. The van der Waals surface area contributed by atoms with Crippen molar-refractivity contribution < 1.29 is 9.59 Å². The molecule has 0 radical (unpaired) electrons. The number of aromatic nitrogens is 2. The zero-order valence-electron chi connectivity index (χ0n) is 11.5. The number of anilines is 1. The van der Waals surface area contributed by atoms with Gasteiger partial charge in [0.2, 0.25) is 5.91 Å². The lowest BCUT2D eigenvalue weighted by Crippen LogP contribution is -2.69. The van der Waals surface area contributed by atoms with Crippen LogP contribution in [-0.4, -0.2) is 33.4 Å². The SMILES string of the molecule is CCC1C(=O)NC2(CCCC2)C(=O)N1c1cncnc1. The molecule has 2 aliphatic rings. The average molecular weight is 274 g/mol. The molecule has 1 aliphatic heterocycles. The number of hydrogen-bond acceptors (Lipinski definition) is 4. The summed E-state index contributed by atoms with van der Waals surface area (Å²) in [4.78, 5) is 34.8. The van der Waals surface area contributed by atoms with E-state index in [1.165, 1.54) is 6.33 Å². The molecule has 106 valence electrons. The minimum absolute atomic E-state index is 0.0174. The Morgan fingerprint density at radius 2 is 1.95 bits per heavy atom. The number of nitrogens with zero attached hydrogens (tertiary/aromatic N) is 3. The number of amides is 2. The highest BCUT2D eigenvalue weighted by atomic mass is 16.2. The molecule has 6 heteroatoms. The molecule has 1 unspecified atom stereocenters. The highest BCUT2D eigenvalue weighted by molar-refractivity contribution is 6.10. The van der Waals surface area contributed by atoms with Gasteiger partial charge in [0.1, 0.15) is 17.9 Å². The van der Waals surface area contributed by atoms with E-state index in [-0.39, 0.29) is 11.8 Å². The summed E-state index contributed by atoms with van der Waals surface area (Å²) in [6.07, 6.45) is 8.57. The lowest BCUT2D eigenvalue weighted by Gasteiger charge is -2.43. The van der Waals surface area contributed by atoms with E-state index in [1.807, 2.05) is 6.92 Å². The molecule has 1 spiro atoms. The number of carbonyl (C=O) groups excluding carboxylic acids is 2. The van der Waals surface area contributed by atoms with Gasteiger partial charge in [0.15, 0.2) is 0 Å². The number of carbonyl (C=O) groups is 2. The molecule has 2 amide bonds. The van der Waals surface area contributed by atoms with E-state index in [0.717, 1.165) is 25.7 Å². The second-order valence-corrected chi connectivity index (χ2v) is 5.47. The summed E-state index contributed by atoms with van der Waals surface area (Å²) in [6, 6.07) is -0.472. The summed E-state index contributed by atoms with van der Waals surface area (Å²) in [6.45, 7) is 1.90. The summed E-state index contributed by atoms with van der Waals surface area (Å²) >= 11 is 0. The molecule has 1 saturated heterocycles. The Morgan fingerprint density at radius 3 is 2.55 bits per heavy atom. The number of rotatable bonds is 2. The van der Waals surface area contributed by atoms with Crippen molar-refractivity contribution in [2.45, 2.75) is 50.6 Å². The Hall–Kier alpha value is -1.98. The van der Waals surface area contributed by atoms with Crippen LogP contribution in [0.3, 0.4) is 0 Å². The predicted molar refractivity (Wildman–Crippen MR) is 72.9 cm³/mol. The van der Waals surface area contributed by atoms with Crippen molar-refractivity contribution in [1.82, 2.24) is 15.3 Å². The summed E-state index contributed by atoms with van der Waals surface area (Å²) < 4.78 is 0. The molecule has 3 rings (SSSR count). The first-order valence-corrected chi connectivity index (χ1v) is 7.08. The van der Waals surface area contributed by atoms with Crippen LogP contribution in [-0.2, 0) is 9.59 Å². The fourth-order valence-electron chi connectivity index (χ4n) is 3.26. The van der Waals surface area contributed by atoms with Crippen LogP contribution in [0.2, 0.25) is 0 Å². The molecular weight excluding hydrogens is 256 g/mol. The van der Waals surface area contributed by atoms with Gasteiger partial charge in [-0.1, -0.05) is 19.8 Å². The van der Waals surface area contributed by atoms with Crippen LogP contribution in [0.5, 0.6) is 0 Å². The van der Waals surface area contributed by atoms with Gasteiger partial charge in [0.05, 0.1) is 18.1 Å². The van der Waals surface area contributed by atoms with Crippen LogP contribution < -0.4 is 10.2 Å². The maximum atomic E-state index is 12.9. The zero-order chi connectivity index (χ0) is 14.2. The molecule has 1 aromatic rings. The third-order valence-electron chi connectivity index (χ3n) is 4.27. The van der Waals surface area contributed by atoms with E-state index in [4.69, 9.17) is 0 Å². The molecule has 1 atom stereocenters. The van der Waals surface area contributed by atoms with Crippen LogP contribution in [0, 0.1) is 0 Å². The maximum Gasteiger partial charge on any atom is 0.253 e. The quantitative estimate of drug-likeness (QED) is 0.874. The Kier molecular flexibility index (Phi) is 3.16. The molecule has 2 fully saturated rings. The van der Waals surface area contributed by atoms with Crippen molar-refractivity contribution >= 4 is 17.5 Å². The highest BCUT2D eigenvalue weighted by Crippen LogP contribution is 2.36. The van der Waals surface area contributed by atoms with E-state index in [1.54, 1.807) is 17.3 Å². The van der Waals surface area contributed by atoms with Gasteiger partial charge in [0, 0.05) is 0 Å². The van der Waals surface area contributed by atoms with Gasteiger partial charge in [-0.15, -0.1) is 0 Å². The van der Waals surface area contributed by atoms with E-state index < -0.39 is 11.6 Å². The third kappa shape index (κ3) is 1.87. The van der Waals surface area contributed by atoms with Crippen molar-refractivity contribution in [2.24, 2.45) is 0 Å². The first-order valence-electron chi connectivity index (χ1n) is 7.08. The van der Waals surface area contributed by atoms with Gasteiger partial charge in [-0.25, -0.2) is 9.97 Å². The van der Waals surface area contributed by atoms with Gasteiger partial charge < -0.3 is 5.32 Å². The Labute approximate surface area is 117 Å². The lowest BCUT2D eigenvalue weighted by molar-refractivity contribution is -0.138. The van der Waals surface area contributed by atoms with E-state index in [0.29, 0.717) is 12.1 Å². The topological polar surface area (TPSA) is 75.2 Å². The largest absolute Gasteiger partial charge is 0.340 e. The van der Waals surface area contributed by atoms with Crippen LogP contribution in [0.15, 0.2) is 18.7 Å². The minimum atomic E-state index is -0.710. The molecule has 0 bridgehead atoms. The number of nitrogens with one attached hydrogen (secondary N) is 1. The van der Waals surface area contributed by atoms with Gasteiger partial charge in [-0.2, -0.15) is 0 Å². The predicted octanol–water partition coefficient (Wildman–Crippen LogP) is 1.03. The van der Waals surface area contributed by atoms with E-state index >= 15 is 0 Å². The van der Waals surface area contributed by atoms with Crippen LogP contribution in [0.25, 0.3) is 0 Å². The van der Waals surface area contributed by atoms with Gasteiger partial charge >= 0.3 is 0 Å². The fourth-order valence-corrected chi connectivity index (χ4v) is 3.26. The molecule has 2 heterocycles. The lowest BCUT2D eigenvalue weighted by atomic mass is 9.90. The third-order valence-corrected chi connectivity index (χ3v) is 4.27. The van der Waals surface area contributed by atoms with Crippen molar-refractivity contribution in [2.75, 3.05) is 4.90 Å². The van der Waals surface area contributed by atoms with Gasteiger partial charge in [-0.05, 0) is 19.3 Å². The maximum absolute atomic E-state index is 12.9. The summed E-state index contributed by atoms with van der Waals surface area (Å²) in [5.41, 5.74) is -0.107. The molecule has 1 saturated carbocycles. The summed E-state index contributed by atoms with van der Waals surface area (Å²) in [5.74, 6) is -0.0888. The average Bonchev–Trinajstić information content (AvgIpc) is 2.93. The Morgan fingerprint density at radius 1 is 1.30 bits per heavy atom. The summed E-state index contributed by atoms with van der Waals surface area (Å²) in [5, 5.41) is 2.97. The van der Waals surface area contributed by atoms with Gasteiger partial charge in [0.25, 0.3) is 5.91 Å². The molecule has 1 aromatic heterocycles. The van der Waals surface area contributed by atoms with Crippen molar-refractivity contribution in [1.29, 1.82) is 0 Å². The first kappa shape index (κ1) is 13.0. The standard InChI is InChI=1S/C14H18N4O2/c1-2-11-12(19)17-14(5-3-4-6-14)13(20)18(11)10-7-15-9-16-8-10/h7-9,11H,2-6H2,1H3,(H,17,19). The Bertz CT molecular complexity index is 525. The zero-order valence-corrected chi connectivity index (χ0v) is 11.5. The minimum Gasteiger partial charge on any atom is -0.340 e. The van der Waals surface area contributed by atoms with Gasteiger partial charge in [-0.3, -0.25) is 14.5 Å². The molecule has 1 aliphatic carbocycles. The Balaban J connectivity index is 2.03. The molecule has 1 N–H and O–H groups in total. The molecule has 20 heavy (non-hydrogen) atoms. The van der Waals surface area contributed by atoms with Crippen molar-refractivity contribution in [3.8, 4) is 0 Å². The molecule has 6 nitrogen and oxygen atoms in total. The molecular formula is C14H18N4O2. The van der Waals surface area contributed by atoms with E-state index in [9.17, 15) is 9.59 Å². The fraction of sp³-hybridized carbons (Fsp3) is 0.571. The van der Waals surface area contributed by atoms with Crippen molar-refractivity contribution in [3.05, 3.63) is 18.7 Å².